The third-order valence-electron chi connectivity index (χ3n) is 3.35. The summed E-state index contributed by atoms with van der Waals surface area (Å²) >= 11 is 0. The van der Waals surface area contributed by atoms with Gasteiger partial charge in [-0.25, -0.2) is 4.39 Å². The van der Waals surface area contributed by atoms with Crippen molar-refractivity contribution in [3.63, 3.8) is 0 Å². The fourth-order valence-electron chi connectivity index (χ4n) is 2.08. The number of hydrogen-bond acceptors (Lipinski definition) is 3. The fraction of sp³-hybridized carbons (Fsp3) is 0.312. The van der Waals surface area contributed by atoms with Crippen molar-refractivity contribution >= 4 is 5.69 Å². The molecule has 1 heterocycles. The van der Waals surface area contributed by atoms with E-state index in [1.54, 1.807) is 6.07 Å². The maximum absolute atomic E-state index is 12.8. The summed E-state index contributed by atoms with van der Waals surface area (Å²) in [5.74, 6) is -0.335. The zero-order valence-corrected chi connectivity index (χ0v) is 11.9. The van der Waals surface area contributed by atoms with Gasteiger partial charge < -0.3 is 10.6 Å². The van der Waals surface area contributed by atoms with E-state index in [2.05, 4.69) is 35.0 Å². The maximum atomic E-state index is 12.8. The number of aryl methyl sites for hydroxylation is 1. The van der Waals surface area contributed by atoms with E-state index in [0.29, 0.717) is 0 Å². The molecule has 1 atom stereocenters. The summed E-state index contributed by atoms with van der Waals surface area (Å²) in [7, 11) is 2.04. The van der Waals surface area contributed by atoms with E-state index in [9.17, 15) is 4.39 Å². The van der Waals surface area contributed by atoms with Crippen LogP contribution in [0.2, 0.25) is 0 Å². The minimum Gasteiger partial charge on any atom is -0.375 e. The average Bonchev–Trinajstić information content (AvgIpc) is 2.45. The molecule has 0 bridgehead atoms. The van der Waals surface area contributed by atoms with Crippen LogP contribution < -0.4 is 10.6 Å². The molecule has 1 aromatic heterocycles. The number of rotatable bonds is 5. The van der Waals surface area contributed by atoms with Gasteiger partial charge in [0.2, 0.25) is 0 Å². The number of aromatic nitrogens is 1. The van der Waals surface area contributed by atoms with Gasteiger partial charge in [0.1, 0.15) is 5.82 Å². The van der Waals surface area contributed by atoms with Crippen LogP contribution in [0.25, 0.3) is 0 Å². The molecule has 2 rings (SSSR count). The van der Waals surface area contributed by atoms with Crippen molar-refractivity contribution in [3.8, 4) is 0 Å². The van der Waals surface area contributed by atoms with E-state index in [1.807, 2.05) is 13.1 Å². The van der Waals surface area contributed by atoms with Crippen molar-refractivity contribution in [2.75, 3.05) is 18.5 Å². The molecule has 1 aromatic carbocycles. The van der Waals surface area contributed by atoms with Crippen LogP contribution in [0, 0.1) is 12.7 Å². The first-order valence-electron chi connectivity index (χ1n) is 6.71. The lowest BCUT2D eigenvalue weighted by atomic mass is 10.1. The number of pyridine rings is 1. The lowest BCUT2D eigenvalue weighted by Gasteiger charge is -2.21. The number of nitrogens with zero attached hydrogens (tertiary/aromatic N) is 2. The summed E-state index contributed by atoms with van der Waals surface area (Å²) in [4.78, 5) is 6.19. The van der Waals surface area contributed by atoms with E-state index < -0.39 is 0 Å². The van der Waals surface area contributed by atoms with Crippen molar-refractivity contribution in [1.29, 1.82) is 0 Å². The maximum Gasteiger partial charge on any atom is 0.141 e. The molecule has 0 aliphatic heterocycles. The number of nitrogens with two attached hydrogens (primary N) is 1. The SMILES string of the molecule is Cc1cccc(N(C)CCC(N)c2ccc(F)cn2)c1. The first kappa shape index (κ1) is 14.5. The quantitative estimate of drug-likeness (QED) is 0.910. The van der Waals surface area contributed by atoms with Crippen molar-refractivity contribution in [1.82, 2.24) is 4.98 Å². The van der Waals surface area contributed by atoms with Crippen molar-refractivity contribution in [3.05, 3.63) is 59.7 Å². The minimum atomic E-state index is -0.335. The van der Waals surface area contributed by atoms with E-state index in [4.69, 9.17) is 5.73 Å². The monoisotopic (exact) mass is 273 g/mol. The Bertz CT molecular complexity index is 554. The van der Waals surface area contributed by atoms with Crippen molar-refractivity contribution < 1.29 is 4.39 Å². The van der Waals surface area contributed by atoms with Gasteiger partial charge in [0.05, 0.1) is 11.9 Å². The lowest BCUT2D eigenvalue weighted by molar-refractivity contribution is 0.600. The topological polar surface area (TPSA) is 42.1 Å². The second-order valence-corrected chi connectivity index (χ2v) is 5.06. The Balaban J connectivity index is 1.93. The summed E-state index contributed by atoms with van der Waals surface area (Å²) in [6, 6.07) is 11.2. The van der Waals surface area contributed by atoms with Crippen LogP contribution >= 0.6 is 0 Å². The lowest BCUT2D eigenvalue weighted by Crippen LogP contribution is -2.23. The van der Waals surface area contributed by atoms with Gasteiger partial charge in [0, 0.05) is 25.3 Å². The third kappa shape index (κ3) is 3.78. The van der Waals surface area contributed by atoms with Gasteiger partial charge in [-0.05, 0) is 43.2 Å². The molecule has 0 radical (unpaired) electrons. The molecule has 20 heavy (non-hydrogen) atoms. The first-order valence-corrected chi connectivity index (χ1v) is 6.71. The molecule has 2 aromatic rings. The Hall–Kier alpha value is -1.94. The number of hydrogen-bond donors (Lipinski definition) is 1. The van der Waals surface area contributed by atoms with Crippen molar-refractivity contribution in [2.24, 2.45) is 5.73 Å². The first-order chi connectivity index (χ1) is 9.56. The second-order valence-electron chi connectivity index (χ2n) is 5.06. The summed E-state index contributed by atoms with van der Waals surface area (Å²) in [5.41, 5.74) is 9.22. The Kier molecular flexibility index (Phi) is 4.69. The predicted molar refractivity (Wildman–Crippen MR) is 80.2 cm³/mol. The summed E-state index contributed by atoms with van der Waals surface area (Å²) in [5, 5.41) is 0. The van der Waals surface area contributed by atoms with Crippen LogP contribution in [0.3, 0.4) is 0 Å². The van der Waals surface area contributed by atoms with Gasteiger partial charge in [-0.1, -0.05) is 12.1 Å². The molecule has 0 aliphatic rings. The molecule has 0 saturated carbocycles. The van der Waals surface area contributed by atoms with Gasteiger partial charge in [-0.2, -0.15) is 0 Å². The van der Waals surface area contributed by atoms with Crippen LogP contribution in [0.5, 0.6) is 0 Å². The molecule has 0 fully saturated rings. The van der Waals surface area contributed by atoms with Gasteiger partial charge in [-0.3, -0.25) is 4.98 Å². The largest absolute Gasteiger partial charge is 0.375 e. The highest BCUT2D eigenvalue weighted by molar-refractivity contribution is 5.47. The summed E-state index contributed by atoms with van der Waals surface area (Å²) in [6.07, 6.45) is 1.97. The third-order valence-corrected chi connectivity index (χ3v) is 3.35. The molecule has 4 heteroatoms. The molecule has 0 spiro atoms. The number of benzene rings is 1. The summed E-state index contributed by atoms with van der Waals surface area (Å²) < 4.78 is 12.8. The van der Waals surface area contributed by atoms with Crippen molar-refractivity contribution in [2.45, 2.75) is 19.4 Å². The van der Waals surface area contributed by atoms with Gasteiger partial charge in [-0.15, -0.1) is 0 Å². The zero-order valence-electron chi connectivity index (χ0n) is 11.9. The highest BCUT2D eigenvalue weighted by atomic mass is 19.1. The van der Waals surface area contributed by atoms with Crippen LogP contribution in [0.15, 0.2) is 42.6 Å². The van der Waals surface area contributed by atoms with E-state index in [1.165, 1.54) is 23.5 Å². The van der Waals surface area contributed by atoms with Gasteiger partial charge >= 0.3 is 0 Å². The van der Waals surface area contributed by atoms with Crippen LogP contribution in [0.4, 0.5) is 10.1 Å². The molecule has 3 nitrogen and oxygen atoms in total. The van der Waals surface area contributed by atoms with Crippen LogP contribution in [-0.2, 0) is 0 Å². The standard InChI is InChI=1S/C16H20FN3/c1-12-4-3-5-14(10-12)20(2)9-8-15(18)16-7-6-13(17)11-19-16/h3-7,10-11,15H,8-9,18H2,1-2H3. The second kappa shape index (κ2) is 6.48. The van der Waals surface area contributed by atoms with E-state index in [-0.39, 0.29) is 11.9 Å². The Morgan fingerprint density at radius 3 is 2.75 bits per heavy atom. The van der Waals surface area contributed by atoms with E-state index >= 15 is 0 Å². The highest BCUT2D eigenvalue weighted by Gasteiger charge is 2.09. The minimum absolute atomic E-state index is 0.178. The highest BCUT2D eigenvalue weighted by Crippen LogP contribution is 2.17. The Morgan fingerprint density at radius 2 is 2.10 bits per heavy atom. The molecule has 106 valence electrons. The van der Waals surface area contributed by atoms with Crippen LogP contribution in [0.1, 0.15) is 23.7 Å². The number of anilines is 1. The molecular weight excluding hydrogens is 253 g/mol. The van der Waals surface area contributed by atoms with Gasteiger partial charge in [0.25, 0.3) is 0 Å². The zero-order chi connectivity index (χ0) is 14.5. The molecule has 0 saturated heterocycles. The molecular formula is C16H20FN3. The Labute approximate surface area is 119 Å². The van der Waals surface area contributed by atoms with Gasteiger partial charge in [0.15, 0.2) is 0 Å². The fourth-order valence-corrected chi connectivity index (χ4v) is 2.08. The normalized spacial score (nSPS) is 12.2. The van der Waals surface area contributed by atoms with E-state index in [0.717, 1.165) is 18.7 Å². The molecule has 0 aliphatic carbocycles. The molecule has 0 amide bonds. The Morgan fingerprint density at radius 1 is 1.30 bits per heavy atom. The summed E-state index contributed by atoms with van der Waals surface area (Å²) in [6.45, 7) is 2.90. The smallest absolute Gasteiger partial charge is 0.141 e. The van der Waals surface area contributed by atoms with Crippen LogP contribution in [-0.4, -0.2) is 18.6 Å². The average molecular weight is 273 g/mol. The molecule has 2 N–H and O–H groups in total. The predicted octanol–water partition coefficient (Wildman–Crippen LogP) is 3.06. The molecule has 1 unspecified atom stereocenters. The number of halogens is 1.